The Morgan fingerprint density at radius 2 is 1.86 bits per heavy atom. The van der Waals surface area contributed by atoms with Crippen LogP contribution in [0.15, 0.2) is 60.7 Å². The van der Waals surface area contributed by atoms with Crippen molar-refractivity contribution in [1.82, 2.24) is 5.32 Å². The zero-order valence-electron chi connectivity index (χ0n) is 16.1. The second-order valence-electron chi connectivity index (χ2n) is 6.69. The van der Waals surface area contributed by atoms with Crippen LogP contribution in [-0.2, 0) is 11.2 Å². The number of halogens is 1. The number of carbonyl (C=O) groups is 1. The zero-order chi connectivity index (χ0) is 19.2. The normalized spacial score (nSPS) is 11.6. The number of nitrogens with one attached hydrogen (secondary N) is 1. The zero-order valence-corrected chi connectivity index (χ0v) is 17.0. The summed E-state index contributed by atoms with van der Waals surface area (Å²) in [7, 11) is 1.31. The molecule has 0 saturated heterocycles. The van der Waals surface area contributed by atoms with Crippen molar-refractivity contribution in [2.24, 2.45) is 0 Å². The topological polar surface area (TPSA) is 58.6 Å². The minimum absolute atomic E-state index is 0. The summed E-state index contributed by atoms with van der Waals surface area (Å²) in [6.07, 6.45) is 1.75. The maximum absolute atomic E-state index is 11.7. The number of aromatic hydroxyl groups is 1. The van der Waals surface area contributed by atoms with Crippen molar-refractivity contribution in [3.63, 3.8) is 0 Å². The third-order valence-corrected chi connectivity index (χ3v) is 4.85. The first-order chi connectivity index (χ1) is 13.1. The van der Waals surface area contributed by atoms with Gasteiger partial charge in [0.25, 0.3) is 0 Å². The number of phenols is 1. The van der Waals surface area contributed by atoms with Crippen molar-refractivity contribution < 1.29 is 14.6 Å². The van der Waals surface area contributed by atoms with Gasteiger partial charge < -0.3 is 15.2 Å². The average molecular weight is 400 g/mol. The Kier molecular flexibility index (Phi) is 7.85. The summed E-state index contributed by atoms with van der Waals surface area (Å²) < 4.78 is 4.70. The highest BCUT2D eigenvalue weighted by molar-refractivity contribution is 5.92. The van der Waals surface area contributed by atoms with Crippen molar-refractivity contribution in [2.45, 2.75) is 25.8 Å². The van der Waals surface area contributed by atoms with E-state index in [0.29, 0.717) is 0 Å². The molecule has 0 saturated carbocycles. The number of fused-ring (bicyclic) bond motifs is 1. The predicted molar refractivity (Wildman–Crippen MR) is 115 cm³/mol. The molecule has 0 heterocycles. The first kappa shape index (κ1) is 21.7. The standard InChI is InChI=1S/C23H25NO3.ClH/c1-16(19-11-5-9-18-8-3-4-10-20(18)19)24-14-6-7-17-12-13-22(25)21(15-17)23(26)27-2;/h3-5,8-13,15-16,24-25H,6-7,14H2,1-2H3;1H/t16-;/m1./s1. The maximum Gasteiger partial charge on any atom is 0.341 e. The fourth-order valence-electron chi connectivity index (χ4n) is 3.36. The van der Waals surface area contributed by atoms with Gasteiger partial charge in [0, 0.05) is 6.04 Å². The Morgan fingerprint density at radius 1 is 1.11 bits per heavy atom. The van der Waals surface area contributed by atoms with E-state index >= 15 is 0 Å². The molecule has 1 atom stereocenters. The van der Waals surface area contributed by atoms with Crippen LogP contribution in [0.5, 0.6) is 5.75 Å². The Hall–Kier alpha value is -2.56. The van der Waals surface area contributed by atoms with E-state index in [1.165, 1.54) is 23.4 Å². The molecule has 0 fully saturated rings. The molecule has 3 aromatic rings. The van der Waals surface area contributed by atoms with Gasteiger partial charge in [0.05, 0.1) is 7.11 Å². The highest BCUT2D eigenvalue weighted by Crippen LogP contribution is 2.24. The average Bonchev–Trinajstić information content (AvgIpc) is 2.71. The Balaban J connectivity index is 0.00000280. The Morgan fingerprint density at radius 3 is 2.64 bits per heavy atom. The van der Waals surface area contributed by atoms with Crippen LogP contribution in [0.25, 0.3) is 10.8 Å². The van der Waals surface area contributed by atoms with Gasteiger partial charge in [-0.1, -0.05) is 48.5 Å². The molecule has 3 aromatic carbocycles. The Bertz CT molecular complexity index is 937. The predicted octanol–water partition coefficient (Wildman–Crippen LogP) is 5.04. The van der Waals surface area contributed by atoms with Gasteiger partial charge in [-0.3, -0.25) is 0 Å². The number of ether oxygens (including phenoxy) is 1. The number of methoxy groups -OCH3 is 1. The number of rotatable bonds is 7. The number of aryl methyl sites for hydroxylation is 1. The molecule has 0 bridgehead atoms. The van der Waals surface area contributed by atoms with Gasteiger partial charge in [-0.05, 0) is 60.3 Å². The lowest BCUT2D eigenvalue weighted by atomic mass is 9.99. The molecule has 0 unspecified atom stereocenters. The molecule has 0 aromatic heterocycles. The van der Waals surface area contributed by atoms with E-state index in [2.05, 4.69) is 54.7 Å². The van der Waals surface area contributed by atoms with Crippen LogP contribution in [-0.4, -0.2) is 24.7 Å². The molecule has 0 spiro atoms. The van der Waals surface area contributed by atoms with Crippen LogP contribution in [0.1, 0.15) is 40.9 Å². The second-order valence-corrected chi connectivity index (χ2v) is 6.69. The van der Waals surface area contributed by atoms with Gasteiger partial charge in [-0.2, -0.15) is 0 Å². The number of esters is 1. The quantitative estimate of drug-likeness (QED) is 0.431. The summed E-state index contributed by atoms with van der Waals surface area (Å²) in [5.74, 6) is -0.564. The third-order valence-electron chi connectivity index (χ3n) is 4.85. The lowest BCUT2D eigenvalue weighted by Crippen LogP contribution is -2.20. The van der Waals surface area contributed by atoms with Crippen molar-refractivity contribution in [2.75, 3.05) is 13.7 Å². The SMILES string of the molecule is COC(=O)c1cc(CCCN[C@H](C)c2cccc3ccccc23)ccc1O.Cl. The lowest BCUT2D eigenvalue weighted by molar-refractivity contribution is 0.0597. The van der Waals surface area contributed by atoms with Crippen molar-refractivity contribution in [1.29, 1.82) is 0 Å². The van der Waals surface area contributed by atoms with Crippen LogP contribution < -0.4 is 5.32 Å². The third kappa shape index (κ3) is 5.03. The summed E-state index contributed by atoms with van der Waals surface area (Å²) >= 11 is 0. The number of benzene rings is 3. The summed E-state index contributed by atoms with van der Waals surface area (Å²) in [6, 6.07) is 20.2. The second kappa shape index (κ2) is 10.1. The monoisotopic (exact) mass is 399 g/mol. The lowest BCUT2D eigenvalue weighted by Gasteiger charge is -2.16. The van der Waals surface area contributed by atoms with Gasteiger partial charge >= 0.3 is 5.97 Å². The molecule has 0 aliphatic carbocycles. The fourth-order valence-corrected chi connectivity index (χ4v) is 3.36. The van der Waals surface area contributed by atoms with E-state index in [1.807, 2.05) is 6.07 Å². The van der Waals surface area contributed by atoms with Gasteiger partial charge in [0.2, 0.25) is 0 Å². The molecule has 28 heavy (non-hydrogen) atoms. The summed E-state index contributed by atoms with van der Waals surface area (Å²) in [6.45, 7) is 3.04. The van der Waals surface area contributed by atoms with E-state index in [-0.39, 0.29) is 29.8 Å². The molecule has 0 aliphatic rings. The number of hydrogen-bond acceptors (Lipinski definition) is 4. The first-order valence-corrected chi connectivity index (χ1v) is 9.21. The molecule has 3 rings (SSSR count). The Labute approximate surface area is 171 Å². The van der Waals surface area contributed by atoms with Crippen molar-refractivity contribution >= 4 is 29.1 Å². The molecule has 2 N–H and O–H groups in total. The van der Waals surface area contributed by atoms with Crippen LogP contribution in [0, 0.1) is 0 Å². The number of phenolic OH excluding ortho intramolecular Hbond substituents is 1. The van der Waals surface area contributed by atoms with E-state index in [1.54, 1.807) is 12.1 Å². The summed E-state index contributed by atoms with van der Waals surface area (Å²) in [4.78, 5) is 11.7. The van der Waals surface area contributed by atoms with E-state index < -0.39 is 5.97 Å². The van der Waals surface area contributed by atoms with Crippen LogP contribution in [0.2, 0.25) is 0 Å². The molecule has 4 nitrogen and oxygen atoms in total. The molecular weight excluding hydrogens is 374 g/mol. The van der Waals surface area contributed by atoms with Crippen LogP contribution >= 0.6 is 12.4 Å². The fraction of sp³-hybridized carbons (Fsp3) is 0.261. The minimum Gasteiger partial charge on any atom is -0.507 e. The van der Waals surface area contributed by atoms with E-state index in [9.17, 15) is 9.90 Å². The van der Waals surface area contributed by atoms with Gasteiger partial charge in [-0.25, -0.2) is 4.79 Å². The highest BCUT2D eigenvalue weighted by Gasteiger charge is 2.12. The molecule has 0 radical (unpaired) electrons. The van der Waals surface area contributed by atoms with Gasteiger partial charge in [-0.15, -0.1) is 12.4 Å². The van der Waals surface area contributed by atoms with Gasteiger partial charge in [0.15, 0.2) is 0 Å². The van der Waals surface area contributed by atoms with Crippen LogP contribution in [0.3, 0.4) is 0 Å². The van der Waals surface area contributed by atoms with Gasteiger partial charge in [0.1, 0.15) is 11.3 Å². The molecular formula is C23H26ClNO3. The summed E-state index contributed by atoms with van der Waals surface area (Å²) in [5.41, 5.74) is 2.52. The molecule has 5 heteroatoms. The van der Waals surface area contributed by atoms with Crippen LogP contribution in [0.4, 0.5) is 0 Å². The number of carbonyl (C=O) groups excluding carboxylic acids is 1. The van der Waals surface area contributed by atoms with Crippen molar-refractivity contribution in [3.8, 4) is 5.75 Å². The molecule has 0 aliphatic heterocycles. The number of hydrogen-bond donors (Lipinski definition) is 2. The summed E-state index contributed by atoms with van der Waals surface area (Å²) in [5, 5.41) is 15.9. The van der Waals surface area contributed by atoms with E-state index in [0.717, 1.165) is 24.9 Å². The first-order valence-electron chi connectivity index (χ1n) is 9.21. The maximum atomic E-state index is 11.7. The molecule has 148 valence electrons. The smallest absolute Gasteiger partial charge is 0.341 e. The highest BCUT2D eigenvalue weighted by atomic mass is 35.5. The molecule has 0 amide bonds. The van der Waals surface area contributed by atoms with E-state index in [4.69, 9.17) is 4.74 Å². The minimum atomic E-state index is -0.517. The largest absolute Gasteiger partial charge is 0.507 e. The van der Waals surface area contributed by atoms with Crippen molar-refractivity contribution in [3.05, 3.63) is 77.4 Å².